The fourth-order valence-electron chi connectivity index (χ4n) is 1.47. The minimum Gasteiger partial charge on any atom is -0.368 e. The van der Waals surface area contributed by atoms with Crippen LogP contribution in [0.15, 0.2) is 0 Å². The van der Waals surface area contributed by atoms with E-state index in [-0.39, 0.29) is 4.90 Å². The molecule has 0 saturated carbocycles. The summed E-state index contributed by atoms with van der Waals surface area (Å²) in [6.45, 7) is 1.10. The van der Waals surface area contributed by atoms with Gasteiger partial charge in [0.1, 0.15) is 12.1 Å². The SMILES string of the molecule is C[C@@H](N(c1nc(N)nc(Cl)n1)[C@H](C)C(F)(F)F)C(F)(F)F. The van der Waals surface area contributed by atoms with Crippen LogP contribution in [0.2, 0.25) is 5.28 Å². The lowest BCUT2D eigenvalue weighted by atomic mass is 10.2. The van der Waals surface area contributed by atoms with Gasteiger partial charge < -0.3 is 10.6 Å². The molecule has 1 heterocycles. The Morgan fingerprint density at radius 3 is 1.71 bits per heavy atom. The number of anilines is 2. The molecule has 0 fully saturated rings. The molecular formula is C9H10ClF6N5. The molecule has 2 atom stereocenters. The third-order valence-corrected chi connectivity index (χ3v) is 2.80. The van der Waals surface area contributed by atoms with Gasteiger partial charge in [-0.2, -0.15) is 41.3 Å². The van der Waals surface area contributed by atoms with Crippen LogP contribution >= 0.6 is 11.6 Å². The highest BCUT2D eigenvalue weighted by Gasteiger charge is 2.50. The standard InChI is InChI=1S/C9H10ClF6N5/c1-3(8(11,12)13)21(4(2)9(14,15)16)7-19-5(10)18-6(17)20-7/h3-4H,1-2H3,(H2,17,18,19,20)/t3-,4-/m1/s1. The predicted molar refractivity (Wildman–Crippen MR) is 62.8 cm³/mol. The maximum absolute atomic E-state index is 12.8. The lowest BCUT2D eigenvalue weighted by Crippen LogP contribution is -2.54. The molecule has 0 bridgehead atoms. The molecule has 0 aliphatic heterocycles. The molecule has 120 valence electrons. The largest absolute Gasteiger partial charge is 0.408 e. The Hall–Kier alpha value is -1.52. The lowest BCUT2D eigenvalue weighted by molar-refractivity contribution is -0.169. The summed E-state index contributed by atoms with van der Waals surface area (Å²) < 4.78 is 76.7. The van der Waals surface area contributed by atoms with Gasteiger partial charge >= 0.3 is 12.4 Å². The monoisotopic (exact) mass is 337 g/mol. The van der Waals surface area contributed by atoms with E-state index in [9.17, 15) is 26.3 Å². The van der Waals surface area contributed by atoms with E-state index >= 15 is 0 Å². The molecule has 1 aromatic rings. The van der Waals surface area contributed by atoms with E-state index in [2.05, 4.69) is 15.0 Å². The van der Waals surface area contributed by atoms with E-state index in [4.69, 9.17) is 17.3 Å². The van der Waals surface area contributed by atoms with Crippen LogP contribution in [-0.4, -0.2) is 39.4 Å². The van der Waals surface area contributed by atoms with Crippen molar-refractivity contribution in [2.24, 2.45) is 0 Å². The van der Waals surface area contributed by atoms with Gasteiger partial charge in [-0.25, -0.2) is 0 Å². The van der Waals surface area contributed by atoms with Gasteiger partial charge in [-0.15, -0.1) is 0 Å². The second kappa shape index (κ2) is 5.70. The number of nitrogen functional groups attached to an aromatic ring is 1. The first kappa shape index (κ1) is 17.5. The van der Waals surface area contributed by atoms with E-state index < -0.39 is 41.6 Å². The molecule has 0 aromatic carbocycles. The first-order chi connectivity index (χ1) is 9.34. The molecule has 21 heavy (non-hydrogen) atoms. The molecule has 0 aliphatic rings. The summed E-state index contributed by atoms with van der Waals surface area (Å²) in [5.41, 5.74) is 5.18. The number of hydrogen-bond acceptors (Lipinski definition) is 5. The normalized spacial score (nSPS) is 15.7. The molecule has 0 amide bonds. The van der Waals surface area contributed by atoms with Crippen molar-refractivity contribution >= 4 is 23.5 Å². The molecule has 0 radical (unpaired) electrons. The molecule has 5 nitrogen and oxygen atoms in total. The van der Waals surface area contributed by atoms with Crippen molar-refractivity contribution in [2.75, 3.05) is 10.6 Å². The highest BCUT2D eigenvalue weighted by molar-refractivity contribution is 6.28. The Morgan fingerprint density at radius 2 is 1.38 bits per heavy atom. The first-order valence-electron chi connectivity index (χ1n) is 5.43. The van der Waals surface area contributed by atoms with Gasteiger partial charge in [0.2, 0.25) is 17.2 Å². The summed E-state index contributed by atoms with van der Waals surface area (Å²) >= 11 is 5.40. The molecule has 1 aromatic heterocycles. The second-order valence-corrected chi connectivity index (χ2v) is 4.44. The zero-order valence-corrected chi connectivity index (χ0v) is 11.4. The molecule has 0 spiro atoms. The average molecular weight is 338 g/mol. The van der Waals surface area contributed by atoms with Crippen LogP contribution in [0.1, 0.15) is 13.8 Å². The molecule has 2 N–H and O–H groups in total. The third kappa shape index (κ3) is 4.22. The molecule has 0 unspecified atom stereocenters. The average Bonchev–Trinajstić information content (AvgIpc) is 2.25. The van der Waals surface area contributed by atoms with Crippen LogP contribution in [0.4, 0.5) is 38.2 Å². The van der Waals surface area contributed by atoms with Crippen molar-refractivity contribution in [3.8, 4) is 0 Å². The minimum atomic E-state index is -4.94. The third-order valence-electron chi connectivity index (χ3n) is 2.63. The van der Waals surface area contributed by atoms with Gasteiger partial charge in [-0.05, 0) is 25.4 Å². The van der Waals surface area contributed by atoms with E-state index in [1.54, 1.807) is 0 Å². The van der Waals surface area contributed by atoms with Gasteiger partial charge in [0, 0.05) is 0 Å². The summed E-state index contributed by atoms with van der Waals surface area (Å²) in [5.74, 6) is -1.49. The summed E-state index contributed by atoms with van der Waals surface area (Å²) in [6.07, 6.45) is -9.87. The van der Waals surface area contributed by atoms with Gasteiger partial charge in [0.15, 0.2) is 0 Å². The van der Waals surface area contributed by atoms with Crippen LogP contribution < -0.4 is 10.6 Å². The number of rotatable bonds is 3. The van der Waals surface area contributed by atoms with Crippen molar-refractivity contribution in [2.45, 2.75) is 38.3 Å². The summed E-state index contributed by atoms with van der Waals surface area (Å²) in [6, 6.07) is -5.01. The Kier molecular flexibility index (Phi) is 4.76. The topological polar surface area (TPSA) is 67.9 Å². The van der Waals surface area contributed by atoms with Crippen molar-refractivity contribution in [3.63, 3.8) is 0 Å². The highest BCUT2D eigenvalue weighted by Crippen LogP contribution is 2.34. The maximum Gasteiger partial charge on any atom is 0.408 e. The fraction of sp³-hybridized carbons (Fsp3) is 0.667. The number of hydrogen-bond donors (Lipinski definition) is 1. The summed E-state index contributed by atoms with van der Waals surface area (Å²) in [7, 11) is 0. The Morgan fingerprint density at radius 1 is 0.952 bits per heavy atom. The van der Waals surface area contributed by atoms with Crippen molar-refractivity contribution < 1.29 is 26.3 Å². The number of nitrogens with zero attached hydrogens (tertiary/aromatic N) is 4. The van der Waals surface area contributed by atoms with Crippen molar-refractivity contribution in [1.82, 2.24) is 15.0 Å². The van der Waals surface area contributed by atoms with Crippen LogP contribution in [0.3, 0.4) is 0 Å². The number of nitrogens with two attached hydrogens (primary N) is 1. The summed E-state index contributed by atoms with van der Waals surface area (Å²) in [5, 5.41) is -0.605. The van der Waals surface area contributed by atoms with Gasteiger partial charge in [-0.3, -0.25) is 0 Å². The highest BCUT2D eigenvalue weighted by atomic mass is 35.5. The van der Waals surface area contributed by atoms with E-state index in [1.807, 2.05) is 0 Å². The molecular weight excluding hydrogens is 328 g/mol. The van der Waals surface area contributed by atoms with Crippen LogP contribution in [0.5, 0.6) is 0 Å². The van der Waals surface area contributed by atoms with Crippen LogP contribution in [0, 0.1) is 0 Å². The van der Waals surface area contributed by atoms with Crippen LogP contribution in [0.25, 0.3) is 0 Å². The summed E-state index contributed by atoms with van der Waals surface area (Å²) in [4.78, 5) is 9.83. The van der Waals surface area contributed by atoms with Gasteiger partial charge in [-0.1, -0.05) is 0 Å². The fourth-order valence-corrected chi connectivity index (χ4v) is 1.63. The minimum absolute atomic E-state index is 0.0517. The lowest BCUT2D eigenvalue weighted by Gasteiger charge is -2.36. The van der Waals surface area contributed by atoms with E-state index in [0.29, 0.717) is 13.8 Å². The molecule has 1 rings (SSSR count). The zero-order chi connectivity index (χ0) is 16.6. The quantitative estimate of drug-likeness (QED) is 0.859. The number of halogens is 7. The number of aromatic nitrogens is 3. The Labute approximate surface area is 120 Å². The second-order valence-electron chi connectivity index (χ2n) is 4.11. The molecule has 0 aliphatic carbocycles. The zero-order valence-electron chi connectivity index (χ0n) is 10.7. The Bertz CT molecular complexity index is 464. The first-order valence-corrected chi connectivity index (χ1v) is 5.80. The van der Waals surface area contributed by atoms with E-state index in [1.165, 1.54) is 0 Å². The molecule has 12 heteroatoms. The number of alkyl halides is 6. The Balaban J connectivity index is 3.37. The van der Waals surface area contributed by atoms with Crippen molar-refractivity contribution in [1.29, 1.82) is 0 Å². The van der Waals surface area contributed by atoms with Gasteiger partial charge in [0.05, 0.1) is 0 Å². The van der Waals surface area contributed by atoms with Crippen LogP contribution in [-0.2, 0) is 0 Å². The van der Waals surface area contributed by atoms with Gasteiger partial charge in [0.25, 0.3) is 0 Å². The van der Waals surface area contributed by atoms with Crippen molar-refractivity contribution in [3.05, 3.63) is 5.28 Å². The maximum atomic E-state index is 12.8. The molecule has 0 saturated heterocycles. The predicted octanol–water partition coefficient (Wildman–Crippen LogP) is 2.82. The van der Waals surface area contributed by atoms with E-state index in [0.717, 1.165) is 0 Å². The smallest absolute Gasteiger partial charge is 0.368 e.